The molecule has 0 bridgehead atoms. The summed E-state index contributed by atoms with van der Waals surface area (Å²) in [5.41, 5.74) is 5.80. The molecular weight excluding hydrogens is 152 g/mol. The average Bonchev–Trinajstić information content (AvgIpc) is 2.04. The van der Waals surface area contributed by atoms with Gasteiger partial charge in [0.1, 0.15) is 0 Å². The highest BCUT2D eigenvalue weighted by molar-refractivity contribution is 4.71. The fraction of sp³-hybridized carbons (Fsp3) is 1.00. The fourth-order valence-corrected chi connectivity index (χ4v) is 0.840. The van der Waals surface area contributed by atoms with Gasteiger partial charge in [-0.2, -0.15) is 0 Å². The van der Waals surface area contributed by atoms with Gasteiger partial charge in [-0.3, -0.25) is 0 Å². The van der Waals surface area contributed by atoms with Gasteiger partial charge in [0.15, 0.2) is 0 Å². The van der Waals surface area contributed by atoms with E-state index in [4.69, 9.17) is 10.5 Å². The second-order valence-corrected chi connectivity index (χ2v) is 3.89. The average molecular weight is 174 g/mol. The first kappa shape index (κ1) is 11.9. The molecule has 74 valence electrons. The summed E-state index contributed by atoms with van der Waals surface area (Å²) in [5, 5.41) is 3.35. The quantitative estimate of drug-likeness (QED) is 0.556. The van der Waals surface area contributed by atoms with E-state index in [0.29, 0.717) is 0 Å². The van der Waals surface area contributed by atoms with Crippen LogP contribution in [0.15, 0.2) is 0 Å². The van der Waals surface area contributed by atoms with Crippen LogP contribution in [-0.2, 0) is 4.74 Å². The van der Waals surface area contributed by atoms with Gasteiger partial charge in [-0.25, -0.2) is 0 Å². The summed E-state index contributed by atoms with van der Waals surface area (Å²) >= 11 is 0. The topological polar surface area (TPSA) is 47.3 Å². The molecule has 0 aliphatic heterocycles. The van der Waals surface area contributed by atoms with Gasteiger partial charge in [0.25, 0.3) is 0 Å². The molecule has 0 aliphatic carbocycles. The van der Waals surface area contributed by atoms with E-state index < -0.39 is 0 Å². The molecule has 0 heterocycles. The predicted octanol–water partition coefficient (Wildman–Crippen LogP) is 0.597. The van der Waals surface area contributed by atoms with E-state index in [1.165, 1.54) is 0 Å². The van der Waals surface area contributed by atoms with Gasteiger partial charge in [-0.1, -0.05) is 13.8 Å². The van der Waals surface area contributed by atoms with Crippen molar-refractivity contribution in [1.29, 1.82) is 0 Å². The minimum Gasteiger partial charge on any atom is -0.385 e. The molecule has 3 N–H and O–H groups in total. The van der Waals surface area contributed by atoms with Crippen molar-refractivity contribution >= 4 is 0 Å². The first-order valence-corrected chi connectivity index (χ1v) is 4.52. The Kier molecular flexibility index (Phi) is 6.34. The molecule has 0 aromatic rings. The molecule has 3 nitrogen and oxygen atoms in total. The van der Waals surface area contributed by atoms with Gasteiger partial charge in [-0.15, -0.1) is 0 Å². The van der Waals surface area contributed by atoms with Gasteiger partial charge in [0.05, 0.1) is 0 Å². The monoisotopic (exact) mass is 174 g/mol. The Balaban J connectivity index is 3.19. The Morgan fingerprint density at radius 2 is 2.08 bits per heavy atom. The molecule has 0 saturated heterocycles. The van der Waals surface area contributed by atoms with Crippen LogP contribution in [0.25, 0.3) is 0 Å². The van der Waals surface area contributed by atoms with Crippen molar-refractivity contribution in [1.82, 2.24) is 5.32 Å². The largest absolute Gasteiger partial charge is 0.385 e. The third kappa shape index (κ3) is 6.58. The van der Waals surface area contributed by atoms with E-state index >= 15 is 0 Å². The second-order valence-electron chi connectivity index (χ2n) is 3.89. The lowest BCUT2D eigenvalue weighted by molar-refractivity contribution is 0.192. The van der Waals surface area contributed by atoms with Crippen molar-refractivity contribution in [2.45, 2.75) is 20.3 Å². The summed E-state index contributed by atoms with van der Waals surface area (Å²) < 4.78 is 4.94. The zero-order chi connectivity index (χ0) is 9.45. The molecule has 0 saturated carbocycles. The highest BCUT2D eigenvalue weighted by Gasteiger charge is 2.13. The van der Waals surface area contributed by atoms with Crippen LogP contribution >= 0.6 is 0 Å². The summed E-state index contributed by atoms with van der Waals surface area (Å²) in [5.74, 6) is 0. The van der Waals surface area contributed by atoms with E-state index in [0.717, 1.165) is 32.7 Å². The molecular formula is C9H22N2O. The molecule has 0 aromatic heterocycles. The number of hydrogen-bond donors (Lipinski definition) is 2. The van der Waals surface area contributed by atoms with Gasteiger partial charge in [0.2, 0.25) is 0 Å². The SMILES string of the molecule is COCCCNCC(C)(C)CN. The molecule has 0 atom stereocenters. The van der Waals surface area contributed by atoms with E-state index in [2.05, 4.69) is 19.2 Å². The number of ether oxygens (including phenoxy) is 1. The molecule has 0 fully saturated rings. The number of methoxy groups -OCH3 is 1. The van der Waals surface area contributed by atoms with E-state index in [-0.39, 0.29) is 5.41 Å². The minimum absolute atomic E-state index is 0.215. The smallest absolute Gasteiger partial charge is 0.0474 e. The lowest BCUT2D eigenvalue weighted by atomic mass is 9.94. The Hall–Kier alpha value is -0.120. The van der Waals surface area contributed by atoms with Crippen molar-refractivity contribution in [2.24, 2.45) is 11.1 Å². The first-order valence-electron chi connectivity index (χ1n) is 4.52. The Morgan fingerprint density at radius 1 is 1.42 bits per heavy atom. The molecule has 12 heavy (non-hydrogen) atoms. The molecule has 0 amide bonds. The van der Waals surface area contributed by atoms with Crippen molar-refractivity contribution in [3.63, 3.8) is 0 Å². The van der Waals surface area contributed by atoms with Crippen LogP contribution in [0.2, 0.25) is 0 Å². The van der Waals surface area contributed by atoms with E-state index in [1.54, 1.807) is 7.11 Å². The fourth-order valence-electron chi connectivity index (χ4n) is 0.840. The third-order valence-corrected chi connectivity index (χ3v) is 1.86. The maximum Gasteiger partial charge on any atom is 0.0474 e. The number of rotatable bonds is 7. The minimum atomic E-state index is 0.215. The van der Waals surface area contributed by atoms with Crippen LogP contribution in [0, 0.1) is 5.41 Å². The normalized spacial score (nSPS) is 12.0. The summed E-state index contributed by atoms with van der Waals surface area (Å²) in [6, 6.07) is 0. The van der Waals surface area contributed by atoms with Crippen LogP contribution in [0.4, 0.5) is 0 Å². The summed E-state index contributed by atoms with van der Waals surface area (Å²) in [6.07, 6.45) is 1.07. The van der Waals surface area contributed by atoms with Crippen LogP contribution in [0.3, 0.4) is 0 Å². The number of nitrogens with one attached hydrogen (secondary N) is 1. The van der Waals surface area contributed by atoms with Gasteiger partial charge < -0.3 is 15.8 Å². The molecule has 0 unspecified atom stereocenters. The Bertz CT molecular complexity index is 105. The number of nitrogens with two attached hydrogens (primary N) is 1. The van der Waals surface area contributed by atoms with Crippen molar-refractivity contribution < 1.29 is 4.74 Å². The second kappa shape index (κ2) is 6.40. The first-order chi connectivity index (χ1) is 5.62. The van der Waals surface area contributed by atoms with Crippen LogP contribution in [0.5, 0.6) is 0 Å². The summed E-state index contributed by atoms with van der Waals surface area (Å²) in [6.45, 7) is 7.87. The molecule has 3 heteroatoms. The molecule has 0 aromatic carbocycles. The van der Waals surface area contributed by atoms with Gasteiger partial charge in [-0.05, 0) is 24.9 Å². The predicted molar refractivity (Wildman–Crippen MR) is 52.2 cm³/mol. The highest BCUT2D eigenvalue weighted by atomic mass is 16.5. The van der Waals surface area contributed by atoms with Crippen molar-refractivity contribution in [3.8, 4) is 0 Å². The van der Waals surface area contributed by atoms with Crippen molar-refractivity contribution in [3.05, 3.63) is 0 Å². The molecule has 0 radical (unpaired) electrons. The molecule has 0 aliphatic rings. The van der Waals surface area contributed by atoms with Crippen molar-refractivity contribution in [2.75, 3.05) is 33.4 Å². The maximum absolute atomic E-state index is 5.58. The van der Waals surface area contributed by atoms with Crippen LogP contribution < -0.4 is 11.1 Å². The Labute approximate surface area is 75.7 Å². The lowest BCUT2D eigenvalue weighted by Gasteiger charge is -2.22. The van der Waals surface area contributed by atoms with E-state index in [9.17, 15) is 0 Å². The third-order valence-electron chi connectivity index (χ3n) is 1.86. The zero-order valence-electron chi connectivity index (χ0n) is 8.52. The number of hydrogen-bond acceptors (Lipinski definition) is 3. The van der Waals surface area contributed by atoms with Gasteiger partial charge in [0, 0.05) is 20.3 Å². The van der Waals surface area contributed by atoms with Crippen LogP contribution in [-0.4, -0.2) is 33.4 Å². The lowest BCUT2D eigenvalue weighted by Crippen LogP contribution is -2.36. The van der Waals surface area contributed by atoms with E-state index in [1.807, 2.05) is 0 Å². The summed E-state index contributed by atoms with van der Waals surface area (Å²) in [7, 11) is 1.73. The Morgan fingerprint density at radius 3 is 2.58 bits per heavy atom. The molecule has 0 spiro atoms. The van der Waals surface area contributed by atoms with Crippen LogP contribution in [0.1, 0.15) is 20.3 Å². The zero-order valence-corrected chi connectivity index (χ0v) is 8.52. The molecule has 0 rings (SSSR count). The standard InChI is InChI=1S/C9H22N2O/c1-9(2,7-10)8-11-5-4-6-12-3/h11H,4-8,10H2,1-3H3. The van der Waals surface area contributed by atoms with Gasteiger partial charge >= 0.3 is 0 Å². The summed E-state index contributed by atoms with van der Waals surface area (Å²) in [4.78, 5) is 0. The highest BCUT2D eigenvalue weighted by Crippen LogP contribution is 2.09. The maximum atomic E-state index is 5.58.